The zero-order valence-corrected chi connectivity index (χ0v) is 15.0. The average molecular weight is 382 g/mol. The molecule has 0 aliphatic carbocycles. The van der Waals surface area contributed by atoms with E-state index in [0.29, 0.717) is 41.1 Å². The molecule has 8 nitrogen and oxygen atoms in total. The molecule has 3 rings (SSSR count). The topological polar surface area (TPSA) is 87.6 Å². The van der Waals surface area contributed by atoms with Crippen molar-refractivity contribution in [2.45, 2.75) is 0 Å². The van der Waals surface area contributed by atoms with Gasteiger partial charge in [-0.05, 0) is 12.1 Å². The number of morpholine rings is 1. The van der Waals surface area contributed by atoms with Crippen LogP contribution >= 0.6 is 23.2 Å². The number of hydrogen-bond acceptors (Lipinski definition) is 8. The van der Waals surface area contributed by atoms with Crippen molar-refractivity contribution in [2.75, 3.05) is 49.0 Å². The molecule has 25 heavy (non-hydrogen) atoms. The average Bonchev–Trinajstić information content (AvgIpc) is 2.64. The summed E-state index contributed by atoms with van der Waals surface area (Å²) in [6.45, 7) is 2.76. The van der Waals surface area contributed by atoms with Crippen molar-refractivity contribution < 1.29 is 4.74 Å². The SMILES string of the molecule is CNc1nc(N/N=C\c2ccc(Cl)cc2Cl)nc(N2CCOCC2)n1. The Bertz CT molecular complexity index is 766. The molecule has 1 fully saturated rings. The number of anilines is 3. The highest BCUT2D eigenvalue weighted by Gasteiger charge is 2.16. The van der Waals surface area contributed by atoms with E-state index in [2.05, 4.69) is 30.8 Å². The van der Waals surface area contributed by atoms with Gasteiger partial charge in [0.25, 0.3) is 0 Å². The number of halogens is 2. The summed E-state index contributed by atoms with van der Waals surface area (Å²) >= 11 is 12.0. The highest BCUT2D eigenvalue weighted by Crippen LogP contribution is 2.19. The summed E-state index contributed by atoms with van der Waals surface area (Å²) in [5.41, 5.74) is 3.54. The molecule has 2 aromatic rings. The van der Waals surface area contributed by atoms with E-state index in [1.165, 1.54) is 0 Å². The lowest BCUT2D eigenvalue weighted by Gasteiger charge is -2.26. The molecule has 132 valence electrons. The van der Waals surface area contributed by atoms with Gasteiger partial charge in [0.05, 0.1) is 24.5 Å². The Kier molecular flexibility index (Phi) is 5.85. The fourth-order valence-electron chi connectivity index (χ4n) is 2.20. The maximum atomic E-state index is 6.11. The van der Waals surface area contributed by atoms with Crippen molar-refractivity contribution in [3.05, 3.63) is 33.8 Å². The van der Waals surface area contributed by atoms with Crippen LogP contribution in [0.15, 0.2) is 23.3 Å². The lowest BCUT2D eigenvalue weighted by Crippen LogP contribution is -2.37. The number of rotatable bonds is 5. The summed E-state index contributed by atoms with van der Waals surface area (Å²) in [5, 5.41) is 8.14. The van der Waals surface area contributed by atoms with Crippen molar-refractivity contribution >= 4 is 47.3 Å². The van der Waals surface area contributed by atoms with Crippen LogP contribution < -0.4 is 15.6 Å². The van der Waals surface area contributed by atoms with Gasteiger partial charge in [-0.1, -0.05) is 29.3 Å². The first kappa shape index (κ1) is 17.7. The minimum Gasteiger partial charge on any atom is -0.378 e. The molecule has 0 amide bonds. The zero-order chi connectivity index (χ0) is 17.6. The Morgan fingerprint density at radius 3 is 2.64 bits per heavy atom. The lowest BCUT2D eigenvalue weighted by atomic mass is 10.2. The van der Waals surface area contributed by atoms with Crippen LogP contribution in [0.3, 0.4) is 0 Å². The maximum absolute atomic E-state index is 6.11. The normalized spacial score (nSPS) is 14.8. The quantitative estimate of drug-likeness (QED) is 0.607. The second-order valence-corrected chi connectivity index (χ2v) is 6.01. The highest BCUT2D eigenvalue weighted by atomic mass is 35.5. The molecule has 1 saturated heterocycles. The molecule has 1 aromatic carbocycles. The molecule has 0 radical (unpaired) electrons. The molecular weight excluding hydrogens is 365 g/mol. The number of aromatic nitrogens is 3. The number of benzene rings is 1. The van der Waals surface area contributed by atoms with E-state index in [-0.39, 0.29) is 0 Å². The third-order valence-electron chi connectivity index (χ3n) is 3.47. The number of hydrazone groups is 1. The van der Waals surface area contributed by atoms with Crippen LogP contribution in [0.2, 0.25) is 10.0 Å². The molecule has 1 aromatic heterocycles. The van der Waals surface area contributed by atoms with Crippen molar-refractivity contribution in [3.8, 4) is 0 Å². The van der Waals surface area contributed by atoms with E-state index in [4.69, 9.17) is 27.9 Å². The summed E-state index contributed by atoms with van der Waals surface area (Å²) < 4.78 is 5.35. The molecule has 2 N–H and O–H groups in total. The van der Waals surface area contributed by atoms with Gasteiger partial charge in [0, 0.05) is 30.7 Å². The Labute approximate surface area is 155 Å². The molecule has 0 atom stereocenters. The first-order valence-corrected chi connectivity index (χ1v) is 8.42. The van der Waals surface area contributed by atoms with Crippen LogP contribution in [-0.2, 0) is 4.74 Å². The minimum absolute atomic E-state index is 0.335. The van der Waals surface area contributed by atoms with Gasteiger partial charge < -0.3 is 15.0 Å². The Balaban J connectivity index is 1.75. The molecule has 1 aliphatic rings. The number of nitrogens with zero attached hydrogens (tertiary/aromatic N) is 5. The Morgan fingerprint density at radius 2 is 1.92 bits per heavy atom. The minimum atomic E-state index is 0.335. The van der Waals surface area contributed by atoms with E-state index in [1.54, 1.807) is 31.5 Å². The van der Waals surface area contributed by atoms with Crippen LogP contribution in [0.4, 0.5) is 17.8 Å². The van der Waals surface area contributed by atoms with Crippen LogP contribution in [0.1, 0.15) is 5.56 Å². The van der Waals surface area contributed by atoms with E-state index in [9.17, 15) is 0 Å². The zero-order valence-electron chi connectivity index (χ0n) is 13.5. The predicted octanol–water partition coefficient (Wildman–Crippen LogP) is 2.50. The van der Waals surface area contributed by atoms with Crippen molar-refractivity contribution in [1.29, 1.82) is 0 Å². The third kappa shape index (κ3) is 4.68. The standard InChI is InChI=1S/C15H17Cl2N7O/c1-18-13-20-14(22-15(21-13)24-4-6-25-7-5-24)23-19-9-10-2-3-11(16)8-12(10)17/h2-3,8-9H,4-7H2,1H3,(H2,18,20,21,22,23)/b19-9-. The smallest absolute Gasteiger partial charge is 0.250 e. The van der Waals surface area contributed by atoms with E-state index < -0.39 is 0 Å². The van der Waals surface area contributed by atoms with Gasteiger partial charge in [-0.15, -0.1) is 0 Å². The lowest BCUT2D eigenvalue weighted by molar-refractivity contribution is 0.122. The van der Waals surface area contributed by atoms with Gasteiger partial charge >= 0.3 is 0 Å². The van der Waals surface area contributed by atoms with E-state index in [0.717, 1.165) is 18.7 Å². The predicted molar refractivity (Wildman–Crippen MR) is 100 cm³/mol. The fraction of sp³-hybridized carbons (Fsp3) is 0.333. The monoisotopic (exact) mass is 381 g/mol. The molecule has 0 unspecified atom stereocenters. The molecule has 2 heterocycles. The Morgan fingerprint density at radius 1 is 1.16 bits per heavy atom. The summed E-state index contributed by atoms with van der Waals surface area (Å²) in [4.78, 5) is 15.1. The molecule has 0 saturated carbocycles. The highest BCUT2D eigenvalue weighted by molar-refractivity contribution is 6.36. The van der Waals surface area contributed by atoms with Crippen molar-refractivity contribution in [2.24, 2.45) is 5.10 Å². The van der Waals surface area contributed by atoms with Gasteiger partial charge in [0.1, 0.15) is 0 Å². The molecule has 0 bridgehead atoms. The number of ether oxygens (including phenoxy) is 1. The number of hydrogen-bond donors (Lipinski definition) is 2. The second kappa shape index (κ2) is 8.28. The molecule has 1 aliphatic heterocycles. The van der Waals surface area contributed by atoms with E-state index >= 15 is 0 Å². The van der Waals surface area contributed by atoms with Crippen LogP contribution in [0.5, 0.6) is 0 Å². The van der Waals surface area contributed by atoms with Gasteiger partial charge in [-0.25, -0.2) is 5.43 Å². The maximum Gasteiger partial charge on any atom is 0.250 e. The van der Waals surface area contributed by atoms with Crippen LogP contribution in [0, 0.1) is 0 Å². The first-order valence-electron chi connectivity index (χ1n) is 7.66. The van der Waals surface area contributed by atoms with Crippen molar-refractivity contribution in [3.63, 3.8) is 0 Å². The molecular formula is C15H17Cl2N7O. The van der Waals surface area contributed by atoms with Crippen LogP contribution in [-0.4, -0.2) is 54.5 Å². The van der Waals surface area contributed by atoms with Gasteiger partial charge in [-0.2, -0.15) is 20.1 Å². The summed E-state index contributed by atoms with van der Waals surface area (Å²) in [7, 11) is 1.75. The van der Waals surface area contributed by atoms with Gasteiger partial charge in [0.2, 0.25) is 17.8 Å². The largest absolute Gasteiger partial charge is 0.378 e. The van der Waals surface area contributed by atoms with Gasteiger partial charge in [-0.3, -0.25) is 0 Å². The van der Waals surface area contributed by atoms with E-state index in [1.807, 2.05) is 4.90 Å². The Hall–Kier alpha value is -2.16. The summed E-state index contributed by atoms with van der Waals surface area (Å²) in [6, 6.07) is 5.18. The third-order valence-corrected chi connectivity index (χ3v) is 4.03. The molecule has 0 spiro atoms. The fourth-order valence-corrected chi connectivity index (χ4v) is 2.65. The van der Waals surface area contributed by atoms with Crippen molar-refractivity contribution in [1.82, 2.24) is 15.0 Å². The second-order valence-electron chi connectivity index (χ2n) is 5.17. The summed E-state index contributed by atoms with van der Waals surface area (Å²) in [6.07, 6.45) is 1.58. The number of nitrogens with one attached hydrogen (secondary N) is 2. The molecule has 10 heteroatoms. The van der Waals surface area contributed by atoms with Gasteiger partial charge in [0.15, 0.2) is 0 Å². The van der Waals surface area contributed by atoms with Crippen LogP contribution in [0.25, 0.3) is 0 Å². The first-order chi connectivity index (χ1) is 12.2. The summed E-state index contributed by atoms with van der Waals surface area (Å²) in [5.74, 6) is 1.37.